The molecular weight excluding hydrogens is 1580 g/mol. The fourth-order valence-electron chi connectivity index (χ4n) is 13.7. The van der Waals surface area contributed by atoms with Gasteiger partial charge in [-0.3, -0.25) is 31.9 Å². The first-order valence-corrected chi connectivity index (χ1v) is 45.0. The Labute approximate surface area is 667 Å². The average molecular weight is 1720 g/mol. The molecule has 40 nitrogen and oxygen atoms in total. The molecule has 4 saturated heterocycles. The van der Waals surface area contributed by atoms with Crippen LogP contribution in [0.3, 0.4) is 0 Å². The van der Waals surface area contributed by atoms with Gasteiger partial charge in [0.05, 0.1) is 58.9 Å². The second-order valence-electron chi connectivity index (χ2n) is 29.6. The summed E-state index contributed by atoms with van der Waals surface area (Å²) in [4.78, 5) is 45.9. The molecule has 0 aromatic rings. The van der Waals surface area contributed by atoms with Crippen molar-refractivity contribution in [3.8, 4) is 0 Å². The average Bonchev–Trinajstić information content (AvgIpc) is 0.755. The molecule has 43 heteroatoms. The van der Waals surface area contributed by atoms with Gasteiger partial charge in [-0.2, -0.15) is 0 Å². The first kappa shape index (κ1) is 103. The molecule has 4 heterocycles. The van der Waals surface area contributed by atoms with Crippen molar-refractivity contribution in [2.45, 2.75) is 359 Å². The van der Waals surface area contributed by atoms with Gasteiger partial charge < -0.3 is 151 Å². The van der Waals surface area contributed by atoms with E-state index in [1.54, 1.807) is 0 Å². The number of rotatable bonds is 60. The van der Waals surface area contributed by atoms with Crippen molar-refractivity contribution in [2.75, 3.05) is 72.6 Å². The molecule has 1 saturated carbocycles. The van der Waals surface area contributed by atoms with Gasteiger partial charge in [0.2, 0.25) is 0 Å². The molecule has 0 aromatic heterocycles. The molecule has 5 rings (SSSR count). The van der Waals surface area contributed by atoms with Crippen molar-refractivity contribution < 1.29 is 179 Å². The van der Waals surface area contributed by atoms with Crippen molar-refractivity contribution >= 4 is 29.4 Å². The van der Waals surface area contributed by atoms with Gasteiger partial charge in [0.25, 0.3) is 0 Å². The lowest BCUT2D eigenvalue weighted by Crippen LogP contribution is -2.70. The molecule has 0 radical (unpaired) electrons. The van der Waals surface area contributed by atoms with Crippen LogP contribution in [0.4, 0.5) is 0 Å². The third-order valence-corrected chi connectivity index (χ3v) is 23.3. The molecule has 5 fully saturated rings. The number of aliphatic hydroxyl groups excluding tert-OH is 14. The Hall–Kier alpha value is -1.50. The third-order valence-electron chi connectivity index (χ3n) is 20.3. The molecule has 3 unspecified atom stereocenters. The minimum Gasteiger partial charge on any atom is -0.457 e. The Morgan fingerprint density at radius 1 is 0.404 bits per heavy atom. The zero-order chi connectivity index (χ0) is 84.0. The second kappa shape index (κ2) is 54.9. The summed E-state index contributed by atoms with van der Waals surface area (Å²) in [5, 5.41) is 157. The summed E-state index contributed by atoms with van der Waals surface area (Å²) in [5.74, 6) is -0.994. The highest BCUT2D eigenvalue weighted by Gasteiger charge is 2.59. The summed E-state index contributed by atoms with van der Waals surface area (Å²) in [6, 6.07) is -2.00. The fraction of sp³-hybridized carbons (Fsp3) is 0.958. The highest BCUT2D eigenvalue weighted by Crippen LogP contribution is 2.50. The number of unbranched alkanes of at least 4 members (excludes halogenated alkanes) is 24. The fourth-order valence-corrected chi connectivity index (χ4v) is 16.3. The number of hydrogen-bond acceptors (Lipinski definition) is 37. The standard InChI is InChI=1S/C71H136N3O37P3/c1-3-5-7-9-11-13-15-17-18-19-21-23-25-27-29-31-35-96-40-44(77)41-100-114(94,95)111-67-63(106-49(78)32-30-28-26-24-22-20-16-14-12-10-8-6-4-2)59(87)56(84)60(88)64(67)108-68-50(74)54(82)62(46(39-76)103-68)107-71-66(110-113(92,93)99-37-34-73)58(86)53(81)47(105-71)42-97-70-65(57(85)51(79)45(38-75)102-70)109-69-61(89)55(83)52(80)48(104-69)43-101-112(90,91)98-36-33-72/h14,16,44-48,50-71,75-77,79-89H,3-13,15,17-43,72-74H2,1-2H3,(H,90,91)(H,92,93)(H,94,95)/b16-14-/t44-,45+,46+,47+,48+,50+,51+,52+,53+,54+,55-,56+,57-,58-,59+,60-,61-,62+,63+,64+,65-,66-,67+,68+,69+,70-,71+/m0/s1. The lowest BCUT2D eigenvalue weighted by molar-refractivity contribution is -0.377. The molecule has 30 atom stereocenters. The van der Waals surface area contributed by atoms with Crippen LogP contribution < -0.4 is 17.2 Å². The van der Waals surface area contributed by atoms with Gasteiger partial charge in [0, 0.05) is 26.1 Å². The van der Waals surface area contributed by atoms with Crippen LogP contribution in [0.15, 0.2) is 12.2 Å². The van der Waals surface area contributed by atoms with Gasteiger partial charge in [0.1, 0.15) is 128 Å². The first-order valence-electron chi connectivity index (χ1n) is 40.5. The molecule has 0 aromatic carbocycles. The number of phosphoric ester groups is 3. The van der Waals surface area contributed by atoms with E-state index in [1.165, 1.54) is 83.5 Å². The topological polar surface area (TPSA) is 638 Å². The van der Waals surface area contributed by atoms with E-state index in [2.05, 4.69) is 30.5 Å². The summed E-state index contributed by atoms with van der Waals surface area (Å²) in [6.07, 6.45) is -22.8. The number of phosphoric acid groups is 3. The Kier molecular flexibility index (Phi) is 49.6. The molecule has 4 aliphatic heterocycles. The number of nitrogens with two attached hydrogens (primary N) is 3. The summed E-state index contributed by atoms with van der Waals surface area (Å²) < 4.78 is 128. The smallest absolute Gasteiger partial charge is 0.457 e. The number of carbonyl (C=O) groups excluding carboxylic acids is 1. The minimum absolute atomic E-state index is 0.205. The predicted molar refractivity (Wildman–Crippen MR) is 401 cm³/mol. The number of allylic oxidation sites excluding steroid dienone is 2. The number of ether oxygens (including phenoxy) is 10. The van der Waals surface area contributed by atoms with E-state index in [4.69, 9.17) is 87.2 Å². The zero-order valence-electron chi connectivity index (χ0n) is 65.7. The molecule has 672 valence electrons. The van der Waals surface area contributed by atoms with Crippen molar-refractivity contribution in [2.24, 2.45) is 17.2 Å². The van der Waals surface area contributed by atoms with E-state index >= 15 is 0 Å². The molecule has 23 N–H and O–H groups in total. The maximum atomic E-state index is 14.0. The summed E-state index contributed by atoms with van der Waals surface area (Å²) in [6.45, 7) is -2.53. The predicted octanol–water partition coefficient (Wildman–Crippen LogP) is 0.217. The second-order valence-corrected chi connectivity index (χ2v) is 33.9. The molecule has 0 spiro atoms. The molecule has 114 heavy (non-hydrogen) atoms. The molecular formula is C71H136N3O37P3. The largest absolute Gasteiger partial charge is 0.472 e. The number of carbonyl (C=O) groups is 1. The van der Waals surface area contributed by atoms with E-state index in [0.29, 0.717) is 12.8 Å². The van der Waals surface area contributed by atoms with Gasteiger partial charge in [-0.05, 0) is 38.5 Å². The Balaban J connectivity index is 1.31. The van der Waals surface area contributed by atoms with Gasteiger partial charge in [-0.15, -0.1) is 0 Å². The Morgan fingerprint density at radius 3 is 1.41 bits per heavy atom. The zero-order valence-corrected chi connectivity index (χ0v) is 68.3. The minimum atomic E-state index is -5.56. The lowest BCUT2D eigenvalue weighted by atomic mass is 9.84. The number of aliphatic hydroxyl groups is 14. The Bertz CT molecular complexity index is 2760. The van der Waals surface area contributed by atoms with Gasteiger partial charge in [0.15, 0.2) is 31.3 Å². The van der Waals surface area contributed by atoms with Crippen molar-refractivity contribution in [3.05, 3.63) is 12.2 Å². The van der Waals surface area contributed by atoms with Crippen LogP contribution in [0.1, 0.15) is 194 Å². The van der Waals surface area contributed by atoms with Crippen molar-refractivity contribution in [3.63, 3.8) is 0 Å². The van der Waals surface area contributed by atoms with Crippen molar-refractivity contribution in [1.29, 1.82) is 0 Å². The molecule has 5 aliphatic rings. The van der Waals surface area contributed by atoms with Crippen LogP contribution in [0.25, 0.3) is 0 Å². The lowest BCUT2D eigenvalue weighted by Gasteiger charge is -2.49. The van der Waals surface area contributed by atoms with Crippen LogP contribution in [0.5, 0.6) is 0 Å². The van der Waals surface area contributed by atoms with Gasteiger partial charge in [-0.25, -0.2) is 13.7 Å². The Morgan fingerprint density at radius 2 is 0.833 bits per heavy atom. The van der Waals surface area contributed by atoms with E-state index < -0.39 is 241 Å². The number of hydrogen-bond donors (Lipinski definition) is 20. The van der Waals surface area contributed by atoms with E-state index in [0.717, 1.165) is 70.6 Å². The van der Waals surface area contributed by atoms with E-state index in [1.807, 2.05) is 0 Å². The summed E-state index contributed by atoms with van der Waals surface area (Å²) in [7, 11) is -15.8. The third kappa shape index (κ3) is 35.0. The summed E-state index contributed by atoms with van der Waals surface area (Å²) >= 11 is 0. The normalized spacial score (nSPS) is 34.9. The molecule has 0 amide bonds. The maximum absolute atomic E-state index is 14.0. The van der Waals surface area contributed by atoms with Gasteiger partial charge >= 0.3 is 29.4 Å². The van der Waals surface area contributed by atoms with Crippen LogP contribution >= 0.6 is 23.5 Å². The van der Waals surface area contributed by atoms with Gasteiger partial charge in [-0.1, -0.05) is 161 Å². The highest BCUT2D eigenvalue weighted by atomic mass is 31.2. The van der Waals surface area contributed by atoms with Crippen LogP contribution in [-0.4, -0.2) is 330 Å². The van der Waals surface area contributed by atoms with Crippen LogP contribution in [0, 0.1) is 0 Å². The summed E-state index contributed by atoms with van der Waals surface area (Å²) in [5.41, 5.74) is 17.4. The highest BCUT2D eigenvalue weighted by molar-refractivity contribution is 7.48. The maximum Gasteiger partial charge on any atom is 0.472 e. The van der Waals surface area contributed by atoms with Crippen LogP contribution in [0.2, 0.25) is 0 Å². The van der Waals surface area contributed by atoms with Crippen LogP contribution in [-0.2, 0) is 93.0 Å². The first-order chi connectivity index (χ1) is 54.4. The monoisotopic (exact) mass is 1720 g/mol. The van der Waals surface area contributed by atoms with Crippen molar-refractivity contribution in [1.82, 2.24) is 0 Å². The SMILES string of the molecule is CCCCCC/C=C\CCCCCCCC(=O)O[C@@H]1[C@H](O)[C@@H](O)[C@H](O)[C@@H](O[C@H]2O[C@H](CO)[C@@H](O[C@H]3O[C@H](CO[C@H]4O[C@H](CO)[C@@H](O)[C@H](O)[C@@H]4O[C@H]4O[C@H](COP(=O)(O)OCCN)[C@@H](O)[C@H](O)[C@@H]4O)[C@@H](O)[C@H](O)[C@@H]3OP(=O)(O)OCCN)[C@H](O)[C@H]2N)[C@@H]1OP(=O)(O)OC[C@@H](O)COCCCCCCCCCCCCCCCCCC. The quantitative estimate of drug-likeness (QED) is 0.0168. The number of esters is 1. The molecule has 1 aliphatic carbocycles. The molecule has 0 bridgehead atoms. The van der Waals surface area contributed by atoms with E-state index in [9.17, 15) is 105 Å². The van der Waals surface area contributed by atoms with E-state index in [-0.39, 0.29) is 39.1 Å².